The van der Waals surface area contributed by atoms with E-state index in [4.69, 9.17) is 0 Å². The highest BCUT2D eigenvalue weighted by molar-refractivity contribution is 8.01. The van der Waals surface area contributed by atoms with E-state index in [0.29, 0.717) is 41.4 Å². The molecule has 0 bridgehead atoms. The fraction of sp³-hybridized carbons (Fsp3) is 0.750. The molecule has 2 N–H and O–H groups in total. The molecule has 12 heteroatoms. The van der Waals surface area contributed by atoms with Crippen molar-refractivity contribution < 1.29 is 18.0 Å². The van der Waals surface area contributed by atoms with Crippen LogP contribution in [0.2, 0.25) is 0 Å². The number of carbonyl (C=O) groups excluding carboxylic acids is 2. The highest BCUT2D eigenvalue weighted by Gasteiger charge is 2.29. The Morgan fingerprint density at radius 3 is 2.50 bits per heavy atom. The first-order valence-electron chi connectivity index (χ1n) is 9.33. The number of sulfonamides is 1. The van der Waals surface area contributed by atoms with Gasteiger partial charge in [0.05, 0.1) is 12.0 Å². The fourth-order valence-electron chi connectivity index (χ4n) is 3.44. The van der Waals surface area contributed by atoms with Crippen LogP contribution in [0.25, 0.3) is 0 Å². The van der Waals surface area contributed by atoms with E-state index in [2.05, 4.69) is 20.8 Å². The van der Waals surface area contributed by atoms with Crippen molar-refractivity contribution in [1.29, 1.82) is 0 Å². The minimum atomic E-state index is -3.21. The van der Waals surface area contributed by atoms with Crippen molar-refractivity contribution in [2.24, 2.45) is 5.92 Å². The van der Waals surface area contributed by atoms with Gasteiger partial charge in [0, 0.05) is 25.0 Å². The number of nitrogens with zero attached hydrogens (tertiary/aromatic N) is 3. The Morgan fingerprint density at radius 1 is 1.18 bits per heavy atom. The van der Waals surface area contributed by atoms with Crippen LogP contribution in [0.5, 0.6) is 0 Å². The third-order valence-electron chi connectivity index (χ3n) is 4.98. The van der Waals surface area contributed by atoms with Crippen LogP contribution >= 0.6 is 23.1 Å². The maximum Gasteiger partial charge on any atom is 0.230 e. The molecule has 1 aromatic heterocycles. The second-order valence-electron chi connectivity index (χ2n) is 7.14. The molecule has 0 unspecified atom stereocenters. The second kappa shape index (κ2) is 9.51. The maximum atomic E-state index is 12.4. The van der Waals surface area contributed by atoms with Gasteiger partial charge in [-0.05, 0) is 25.7 Å². The lowest BCUT2D eigenvalue weighted by molar-refractivity contribution is -0.121. The number of piperidine rings is 1. The number of nitrogens with one attached hydrogen (secondary N) is 2. The van der Waals surface area contributed by atoms with E-state index in [1.165, 1.54) is 46.5 Å². The zero-order chi connectivity index (χ0) is 20.1. The molecule has 1 aromatic rings. The summed E-state index contributed by atoms with van der Waals surface area (Å²) in [6.45, 7) is 0.703. The van der Waals surface area contributed by atoms with Crippen LogP contribution in [0, 0.1) is 5.92 Å². The molecule has 0 aromatic carbocycles. The van der Waals surface area contributed by atoms with Crippen LogP contribution in [0.4, 0.5) is 5.13 Å². The lowest BCUT2D eigenvalue weighted by atomic mass is 9.97. The molecule has 156 valence electrons. The standard InChI is InChI=1S/C16H25N5O4S3/c1-28(24,25)21-8-6-11(7-9-21)14(23)18-15-19-20-16(27-15)26-10-13(22)17-12-4-2-3-5-12/h11-12H,2-10H2,1H3,(H,17,22)(H,18,19,23). The fourth-order valence-corrected chi connectivity index (χ4v) is 5.88. The highest BCUT2D eigenvalue weighted by atomic mass is 32.2. The van der Waals surface area contributed by atoms with Crippen LogP contribution in [0.1, 0.15) is 38.5 Å². The average molecular weight is 448 g/mol. The summed E-state index contributed by atoms with van der Waals surface area (Å²) in [5.41, 5.74) is 0. The summed E-state index contributed by atoms with van der Waals surface area (Å²) in [7, 11) is -3.21. The Kier molecular flexibility index (Phi) is 7.29. The van der Waals surface area contributed by atoms with Crippen molar-refractivity contribution in [3.8, 4) is 0 Å². The van der Waals surface area contributed by atoms with Crippen molar-refractivity contribution in [3.05, 3.63) is 0 Å². The van der Waals surface area contributed by atoms with Gasteiger partial charge >= 0.3 is 0 Å². The molecule has 2 amide bonds. The largest absolute Gasteiger partial charge is 0.353 e. The van der Waals surface area contributed by atoms with Gasteiger partial charge in [-0.2, -0.15) is 0 Å². The van der Waals surface area contributed by atoms with Crippen molar-refractivity contribution >= 4 is 50.1 Å². The van der Waals surface area contributed by atoms with Crippen molar-refractivity contribution in [2.75, 3.05) is 30.4 Å². The van der Waals surface area contributed by atoms with E-state index in [1.807, 2.05) is 0 Å². The minimum absolute atomic E-state index is 0.00433. The van der Waals surface area contributed by atoms with E-state index < -0.39 is 10.0 Å². The van der Waals surface area contributed by atoms with E-state index in [1.54, 1.807) is 0 Å². The Bertz CT molecular complexity index is 799. The molecule has 3 rings (SSSR count). The molecule has 2 fully saturated rings. The van der Waals surface area contributed by atoms with Crippen LogP contribution < -0.4 is 10.6 Å². The third kappa shape index (κ3) is 6.13. The minimum Gasteiger partial charge on any atom is -0.353 e. The molecule has 1 aliphatic heterocycles. The number of aromatic nitrogens is 2. The average Bonchev–Trinajstić information content (AvgIpc) is 3.31. The summed E-state index contributed by atoms with van der Waals surface area (Å²) >= 11 is 2.54. The smallest absolute Gasteiger partial charge is 0.230 e. The molecular weight excluding hydrogens is 422 g/mol. The Morgan fingerprint density at radius 2 is 1.86 bits per heavy atom. The molecule has 0 spiro atoms. The number of amides is 2. The monoisotopic (exact) mass is 447 g/mol. The van der Waals surface area contributed by atoms with Gasteiger partial charge in [-0.3, -0.25) is 9.59 Å². The molecule has 0 radical (unpaired) electrons. The molecule has 28 heavy (non-hydrogen) atoms. The van der Waals surface area contributed by atoms with Crippen molar-refractivity contribution in [3.63, 3.8) is 0 Å². The van der Waals surface area contributed by atoms with Gasteiger partial charge in [-0.1, -0.05) is 35.9 Å². The lowest BCUT2D eigenvalue weighted by Gasteiger charge is -2.29. The highest BCUT2D eigenvalue weighted by Crippen LogP contribution is 2.27. The molecule has 9 nitrogen and oxygen atoms in total. The number of hydrogen-bond donors (Lipinski definition) is 2. The Hall–Kier alpha value is -1.24. The molecule has 1 saturated heterocycles. The van der Waals surface area contributed by atoms with Gasteiger partial charge in [0.15, 0.2) is 4.34 Å². The molecule has 2 heterocycles. The first kappa shape index (κ1) is 21.5. The number of rotatable bonds is 7. The zero-order valence-electron chi connectivity index (χ0n) is 15.7. The van der Waals surface area contributed by atoms with Gasteiger partial charge in [0.1, 0.15) is 0 Å². The summed E-state index contributed by atoms with van der Waals surface area (Å²) in [4.78, 5) is 24.3. The van der Waals surface area contributed by atoms with Crippen LogP contribution in [-0.4, -0.2) is 65.9 Å². The number of anilines is 1. The summed E-state index contributed by atoms with van der Waals surface area (Å²) in [5, 5.41) is 14.2. The first-order valence-corrected chi connectivity index (χ1v) is 13.0. The maximum absolute atomic E-state index is 12.4. The SMILES string of the molecule is CS(=O)(=O)N1CCC(C(=O)Nc2nnc(SCC(=O)NC3CCCC3)s2)CC1. The second-order valence-corrected chi connectivity index (χ2v) is 11.3. The molecule has 2 aliphatic rings. The quantitative estimate of drug-likeness (QED) is 0.477. The number of thioether (sulfide) groups is 1. The normalized spacial score (nSPS) is 19.6. The number of hydrogen-bond acceptors (Lipinski definition) is 8. The van der Waals surface area contributed by atoms with Crippen LogP contribution in [0.3, 0.4) is 0 Å². The van der Waals surface area contributed by atoms with Crippen LogP contribution in [0.15, 0.2) is 4.34 Å². The van der Waals surface area contributed by atoms with Crippen molar-refractivity contribution in [2.45, 2.75) is 48.9 Å². The lowest BCUT2D eigenvalue weighted by Crippen LogP contribution is -2.40. The van der Waals surface area contributed by atoms with Gasteiger partial charge in [-0.25, -0.2) is 12.7 Å². The molecule has 1 saturated carbocycles. The molecule has 0 atom stereocenters. The van der Waals surface area contributed by atoms with Crippen LogP contribution in [-0.2, 0) is 19.6 Å². The van der Waals surface area contributed by atoms with Gasteiger partial charge in [0.2, 0.25) is 27.0 Å². The third-order valence-corrected chi connectivity index (χ3v) is 8.25. The summed E-state index contributed by atoms with van der Waals surface area (Å²) in [5.74, 6) is -0.131. The Balaban J connectivity index is 1.41. The molecular formula is C16H25N5O4S3. The van der Waals surface area contributed by atoms with Crippen molar-refractivity contribution in [1.82, 2.24) is 19.8 Å². The zero-order valence-corrected chi connectivity index (χ0v) is 18.2. The topological polar surface area (TPSA) is 121 Å². The van der Waals surface area contributed by atoms with Gasteiger partial charge in [-0.15, -0.1) is 10.2 Å². The van der Waals surface area contributed by atoms with E-state index in [0.717, 1.165) is 12.8 Å². The predicted molar refractivity (Wildman–Crippen MR) is 109 cm³/mol. The number of carbonyl (C=O) groups is 2. The van der Waals surface area contributed by atoms with E-state index in [-0.39, 0.29) is 23.5 Å². The predicted octanol–water partition coefficient (Wildman–Crippen LogP) is 1.30. The van der Waals surface area contributed by atoms with Gasteiger partial charge < -0.3 is 10.6 Å². The van der Waals surface area contributed by atoms with E-state index >= 15 is 0 Å². The summed E-state index contributed by atoms with van der Waals surface area (Å²) in [6, 6.07) is 0.298. The Labute approximate surface area is 173 Å². The molecule has 1 aliphatic carbocycles. The first-order chi connectivity index (χ1) is 13.3. The van der Waals surface area contributed by atoms with E-state index in [9.17, 15) is 18.0 Å². The van der Waals surface area contributed by atoms with Gasteiger partial charge in [0.25, 0.3) is 0 Å². The summed E-state index contributed by atoms with van der Waals surface area (Å²) in [6.07, 6.45) is 6.60. The summed E-state index contributed by atoms with van der Waals surface area (Å²) < 4.78 is 25.1.